The molecule has 4 rings (SSSR count). The van der Waals surface area contributed by atoms with Crippen LogP contribution >= 0.6 is 0 Å². The summed E-state index contributed by atoms with van der Waals surface area (Å²) in [6.45, 7) is 3.11. The van der Waals surface area contributed by atoms with Gasteiger partial charge in [-0.15, -0.1) is 0 Å². The van der Waals surface area contributed by atoms with Crippen molar-refractivity contribution in [1.82, 2.24) is 10.4 Å². The quantitative estimate of drug-likeness (QED) is 0.852. The summed E-state index contributed by atoms with van der Waals surface area (Å²) in [4.78, 5) is 18.0. The predicted molar refractivity (Wildman–Crippen MR) is 105 cm³/mol. The molecule has 2 aliphatic heterocycles. The van der Waals surface area contributed by atoms with E-state index in [2.05, 4.69) is 5.32 Å². The van der Waals surface area contributed by atoms with Crippen molar-refractivity contribution in [2.24, 2.45) is 0 Å². The molecule has 2 aliphatic rings. The van der Waals surface area contributed by atoms with Crippen LogP contribution in [0, 0.1) is 12.7 Å². The highest BCUT2D eigenvalue weighted by atomic mass is 19.1. The van der Waals surface area contributed by atoms with E-state index in [1.807, 2.05) is 36.3 Å². The third kappa shape index (κ3) is 3.08. The van der Waals surface area contributed by atoms with E-state index in [0.29, 0.717) is 37.1 Å². The van der Waals surface area contributed by atoms with Gasteiger partial charge in [-0.3, -0.25) is 4.79 Å². The van der Waals surface area contributed by atoms with Gasteiger partial charge >= 0.3 is 0 Å². The van der Waals surface area contributed by atoms with Crippen LogP contribution < -0.4 is 5.32 Å². The Hall–Kier alpha value is -2.70. The summed E-state index contributed by atoms with van der Waals surface area (Å²) in [6, 6.07) is 12.1. The number of aliphatic hydroxyl groups is 1. The van der Waals surface area contributed by atoms with E-state index in [9.17, 15) is 14.3 Å². The lowest BCUT2D eigenvalue weighted by atomic mass is 9.86. The van der Waals surface area contributed by atoms with Crippen LogP contribution in [0.5, 0.6) is 0 Å². The van der Waals surface area contributed by atoms with Crippen molar-refractivity contribution < 1.29 is 19.1 Å². The Bertz CT molecular complexity index is 962. The number of aliphatic hydroxyl groups excluding tert-OH is 1. The zero-order valence-corrected chi connectivity index (χ0v) is 16.0. The van der Waals surface area contributed by atoms with Crippen LogP contribution in [-0.2, 0) is 9.63 Å². The second-order valence-electron chi connectivity index (χ2n) is 7.41. The van der Waals surface area contributed by atoms with Gasteiger partial charge < -0.3 is 15.3 Å². The molecule has 0 aliphatic carbocycles. The number of carbonyl (C=O) groups is 1. The van der Waals surface area contributed by atoms with Gasteiger partial charge in [-0.1, -0.05) is 24.3 Å². The normalized spacial score (nSPS) is 19.3. The first-order valence-electron chi connectivity index (χ1n) is 9.36. The van der Waals surface area contributed by atoms with E-state index in [1.54, 1.807) is 13.2 Å². The minimum atomic E-state index is -0.733. The number of amides is 1. The maximum atomic E-state index is 13.4. The number of nitrogens with zero attached hydrogens (tertiary/aromatic N) is 1. The molecule has 0 aromatic heterocycles. The second-order valence-corrected chi connectivity index (χ2v) is 7.41. The Balaban J connectivity index is 1.72. The van der Waals surface area contributed by atoms with E-state index >= 15 is 0 Å². The van der Waals surface area contributed by atoms with Gasteiger partial charge in [-0.05, 0) is 60.2 Å². The number of hydrogen-bond donors (Lipinski definition) is 2. The van der Waals surface area contributed by atoms with Crippen molar-refractivity contribution in [3.63, 3.8) is 0 Å². The van der Waals surface area contributed by atoms with Crippen molar-refractivity contribution in [1.29, 1.82) is 0 Å². The fraction of sp³-hybridized carbons (Fsp3) is 0.318. The maximum absolute atomic E-state index is 13.4. The Labute approximate surface area is 163 Å². The van der Waals surface area contributed by atoms with Crippen LogP contribution in [0.15, 0.2) is 48.2 Å². The molecule has 2 N–H and O–H groups in total. The molecular formula is C22H23FN2O3. The van der Waals surface area contributed by atoms with Crippen LogP contribution in [0.2, 0.25) is 0 Å². The standard InChI is InChI=1S/C22H23FN2O3/c1-14-12-17(23)6-7-18(14)15-4-3-5-16(13-15)19-20(26)22(24-21(19)27)8-10-25(28-2)11-9-22/h3-7,12-13,26H,8-11H2,1-2H3,(H,24,27). The van der Waals surface area contributed by atoms with Gasteiger partial charge in [0.1, 0.15) is 17.1 Å². The van der Waals surface area contributed by atoms with Gasteiger partial charge in [0.25, 0.3) is 5.91 Å². The third-order valence-corrected chi connectivity index (χ3v) is 5.75. The van der Waals surface area contributed by atoms with Crippen molar-refractivity contribution >= 4 is 11.5 Å². The molecule has 2 heterocycles. The Kier molecular flexibility index (Phi) is 4.69. The lowest BCUT2D eigenvalue weighted by Crippen LogP contribution is -2.52. The fourth-order valence-electron chi connectivity index (χ4n) is 4.16. The number of halogens is 1. The van der Waals surface area contributed by atoms with Gasteiger partial charge in [0.15, 0.2) is 0 Å². The predicted octanol–water partition coefficient (Wildman–Crippen LogP) is 3.60. The lowest BCUT2D eigenvalue weighted by Gasteiger charge is -2.37. The Morgan fingerprint density at radius 2 is 1.86 bits per heavy atom. The summed E-state index contributed by atoms with van der Waals surface area (Å²) >= 11 is 0. The highest BCUT2D eigenvalue weighted by Crippen LogP contribution is 2.39. The summed E-state index contributed by atoms with van der Waals surface area (Å²) in [7, 11) is 1.62. The lowest BCUT2D eigenvalue weighted by molar-refractivity contribution is -0.152. The van der Waals surface area contributed by atoms with Crippen LogP contribution in [-0.4, -0.2) is 41.8 Å². The van der Waals surface area contributed by atoms with E-state index in [4.69, 9.17) is 4.84 Å². The number of rotatable bonds is 3. The SMILES string of the molecule is CON1CCC2(CC1)NC(=O)C(c1cccc(-c3ccc(F)cc3C)c1)=C2O. The largest absolute Gasteiger partial charge is 0.509 e. The number of aryl methyl sites for hydroxylation is 1. The fourth-order valence-corrected chi connectivity index (χ4v) is 4.16. The van der Waals surface area contributed by atoms with E-state index in [1.165, 1.54) is 12.1 Å². The molecule has 2 aromatic rings. The van der Waals surface area contributed by atoms with Crippen LogP contribution in [0.3, 0.4) is 0 Å². The van der Waals surface area contributed by atoms with Crippen LogP contribution in [0.25, 0.3) is 16.7 Å². The van der Waals surface area contributed by atoms with Gasteiger partial charge in [0, 0.05) is 13.1 Å². The van der Waals surface area contributed by atoms with Gasteiger partial charge in [0.05, 0.1) is 12.7 Å². The summed E-state index contributed by atoms with van der Waals surface area (Å²) in [5.74, 6) is -0.449. The minimum absolute atomic E-state index is 0.0984. The summed E-state index contributed by atoms with van der Waals surface area (Å²) in [5, 5.41) is 15.8. The molecule has 5 nitrogen and oxygen atoms in total. The van der Waals surface area contributed by atoms with Crippen molar-refractivity contribution in [3.8, 4) is 11.1 Å². The molecule has 2 aromatic carbocycles. The molecule has 146 valence electrons. The van der Waals surface area contributed by atoms with Crippen molar-refractivity contribution in [3.05, 3.63) is 65.2 Å². The number of hydrogen-bond acceptors (Lipinski definition) is 4. The summed E-state index contributed by atoms with van der Waals surface area (Å²) in [5.41, 5.74) is 2.82. The molecule has 6 heteroatoms. The molecule has 1 saturated heterocycles. The zero-order chi connectivity index (χ0) is 19.9. The molecule has 0 radical (unpaired) electrons. The molecule has 1 amide bonds. The summed E-state index contributed by atoms with van der Waals surface area (Å²) in [6.07, 6.45) is 1.16. The first-order chi connectivity index (χ1) is 13.4. The van der Waals surface area contributed by atoms with Gasteiger partial charge in [-0.2, -0.15) is 5.06 Å². The average Bonchev–Trinajstić information content (AvgIpc) is 2.92. The molecule has 28 heavy (non-hydrogen) atoms. The number of benzene rings is 2. The molecule has 1 spiro atoms. The minimum Gasteiger partial charge on any atom is -0.509 e. The van der Waals surface area contributed by atoms with E-state index < -0.39 is 5.54 Å². The first-order valence-corrected chi connectivity index (χ1v) is 9.36. The molecule has 0 atom stereocenters. The third-order valence-electron chi connectivity index (χ3n) is 5.75. The molecule has 0 saturated carbocycles. The Morgan fingerprint density at radius 3 is 2.54 bits per heavy atom. The summed E-state index contributed by atoms with van der Waals surface area (Å²) < 4.78 is 13.4. The monoisotopic (exact) mass is 382 g/mol. The highest BCUT2D eigenvalue weighted by molar-refractivity contribution is 6.23. The maximum Gasteiger partial charge on any atom is 0.256 e. The van der Waals surface area contributed by atoms with E-state index in [-0.39, 0.29) is 17.5 Å². The topological polar surface area (TPSA) is 61.8 Å². The number of carbonyl (C=O) groups excluding carboxylic acids is 1. The zero-order valence-electron chi connectivity index (χ0n) is 16.0. The smallest absolute Gasteiger partial charge is 0.256 e. The highest BCUT2D eigenvalue weighted by Gasteiger charge is 2.47. The molecule has 1 fully saturated rings. The van der Waals surface area contributed by atoms with Crippen molar-refractivity contribution in [2.75, 3.05) is 20.2 Å². The first kappa shape index (κ1) is 18.7. The van der Waals surface area contributed by atoms with Crippen LogP contribution in [0.1, 0.15) is 24.0 Å². The van der Waals surface area contributed by atoms with Crippen LogP contribution in [0.4, 0.5) is 4.39 Å². The Morgan fingerprint density at radius 1 is 1.14 bits per heavy atom. The van der Waals surface area contributed by atoms with Gasteiger partial charge in [0.2, 0.25) is 0 Å². The number of piperidine rings is 1. The average molecular weight is 382 g/mol. The van der Waals surface area contributed by atoms with E-state index in [0.717, 1.165) is 16.7 Å². The van der Waals surface area contributed by atoms with Gasteiger partial charge in [-0.25, -0.2) is 4.39 Å². The molecule has 0 unspecified atom stereocenters. The van der Waals surface area contributed by atoms with Crippen molar-refractivity contribution in [2.45, 2.75) is 25.3 Å². The number of nitrogens with one attached hydrogen (secondary N) is 1. The molecule has 0 bridgehead atoms. The molecular weight excluding hydrogens is 359 g/mol. The second kappa shape index (κ2) is 7.04. The number of hydroxylamine groups is 2.